The molecule has 3 heterocycles. The van der Waals surface area contributed by atoms with Crippen LogP contribution >= 0.6 is 0 Å². The summed E-state index contributed by atoms with van der Waals surface area (Å²) in [4.78, 5) is 31.2. The standard InChI is InChI=1S/C43H56N6O7Si/c1-27(2)57(28(3)4,29(5)6)56-38-37(50)35(55-41(38)49-26-44-36-39(49)46-42(47-40(36)51)45-25-48(7)8)24-54-43(30-14-12-11-13-15-30,31-16-20-33(52-9)21-17-31)32-18-22-34(53-10)23-19-32/h11-23,25-29,35,37-38,41,50H,24H2,1-10H3,(H,46,47,51)/b45-25+/t35-,37-,38-,41-/m1/s1. The van der Waals surface area contributed by atoms with Gasteiger partial charge in [0.1, 0.15) is 35.4 Å². The molecule has 0 bridgehead atoms. The van der Waals surface area contributed by atoms with Crippen molar-refractivity contribution < 1.29 is 28.5 Å². The number of fused-ring (bicyclic) bond motifs is 1. The molecule has 304 valence electrons. The van der Waals surface area contributed by atoms with E-state index in [1.165, 1.54) is 6.33 Å². The van der Waals surface area contributed by atoms with Gasteiger partial charge in [0, 0.05) is 14.1 Å². The van der Waals surface area contributed by atoms with Gasteiger partial charge < -0.3 is 33.4 Å². The van der Waals surface area contributed by atoms with Crippen molar-refractivity contribution in [3.63, 3.8) is 0 Å². The monoisotopic (exact) mass is 796 g/mol. The summed E-state index contributed by atoms with van der Waals surface area (Å²) in [6, 6.07) is 25.6. The Morgan fingerprint density at radius 3 is 1.95 bits per heavy atom. The first-order valence-electron chi connectivity index (χ1n) is 19.4. The van der Waals surface area contributed by atoms with E-state index in [0.717, 1.165) is 16.7 Å². The summed E-state index contributed by atoms with van der Waals surface area (Å²) in [7, 11) is 4.30. The van der Waals surface area contributed by atoms with Gasteiger partial charge in [0.2, 0.25) is 14.3 Å². The number of aromatic nitrogens is 4. The van der Waals surface area contributed by atoms with Crippen LogP contribution in [0.25, 0.3) is 11.2 Å². The Morgan fingerprint density at radius 2 is 1.44 bits per heavy atom. The number of aliphatic hydroxyl groups is 1. The van der Waals surface area contributed by atoms with Crippen LogP contribution in [0.3, 0.4) is 0 Å². The minimum atomic E-state index is -2.62. The highest BCUT2D eigenvalue weighted by Gasteiger charge is 2.54. The number of imidazole rings is 1. The molecular weight excluding hydrogens is 741 g/mol. The van der Waals surface area contributed by atoms with Crippen molar-refractivity contribution in [1.82, 2.24) is 24.4 Å². The average Bonchev–Trinajstić information content (AvgIpc) is 3.76. The number of ether oxygens (including phenoxy) is 4. The minimum Gasteiger partial charge on any atom is -0.497 e. The Labute approximate surface area is 335 Å². The molecule has 0 spiro atoms. The lowest BCUT2D eigenvalue weighted by atomic mass is 9.80. The zero-order valence-corrected chi connectivity index (χ0v) is 35.5. The molecule has 1 aliphatic rings. The smallest absolute Gasteiger partial charge is 0.280 e. The van der Waals surface area contributed by atoms with Crippen LogP contribution < -0.4 is 15.0 Å². The predicted molar refractivity (Wildman–Crippen MR) is 224 cm³/mol. The molecule has 4 atom stereocenters. The lowest BCUT2D eigenvalue weighted by Crippen LogP contribution is -2.53. The highest BCUT2D eigenvalue weighted by atomic mass is 28.4. The second-order valence-electron chi connectivity index (χ2n) is 15.7. The zero-order chi connectivity index (χ0) is 41.1. The summed E-state index contributed by atoms with van der Waals surface area (Å²) in [6.07, 6.45) is -0.686. The number of H-pyrrole nitrogens is 1. The van der Waals surface area contributed by atoms with Crippen molar-refractivity contribution in [1.29, 1.82) is 0 Å². The van der Waals surface area contributed by atoms with Gasteiger partial charge in [-0.3, -0.25) is 14.3 Å². The topological polar surface area (TPSA) is 146 Å². The maximum atomic E-state index is 13.3. The van der Waals surface area contributed by atoms with Gasteiger partial charge in [0.15, 0.2) is 17.4 Å². The fourth-order valence-electron chi connectivity index (χ4n) is 8.46. The van der Waals surface area contributed by atoms with Crippen LogP contribution in [0.4, 0.5) is 5.95 Å². The van der Waals surface area contributed by atoms with Gasteiger partial charge in [-0.25, -0.2) is 9.98 Å². The summed E-state index contributed by atoms with van der Waals surface area (Å²) < 4.78 is 34.2. The van der Waals surface area contributed by atoms with Gasteiger partial charge in [-0.2, -0.15) is 4.98 Å². The molecule has 0 unspecified atom stereocenters. The van der Waals surface area contributed by atoms with Gasteiger partial charge in [-0.1, -0.05) is 96.1 Å². The lowest BCUT2D eigenvalue weighted by molar-refractivity contribution is -0.0940. The Bertz CT molecular complexity index is 2100. The minimum absolute atomic E-state index is 0.0386. The van der Waals surface area contributed by atoms with E-state index in [2.05, 4.69) is 56.5 Å². The molecule has 1 saturated heterocycles. The molecule has 0 saturated carbocycles. The third kappa shape index (κ3) is 8.01. The Kier molecular flexibility index (Phi) is 12.7. The van der Waals surface area contributed by atoms with E-state index in [0.29, 0.717) is 11.5 Å². The number of hydrogen-bond acceptors (Lipinski definition) is 10. The van der Waals surface area contributed by atoms with E-state index >= 15 is 0 Å². The van der Waals surface area contributed by atoms with Gasteiger partial charge in [-0.15, -0.1) is 0 Å². The van der Waals surface area contributed by atoms with E-state index < -0.39 is 44.0 Å². The summed E-state index contributed by atoms with van der Waals surface area (Å²) >= 11 is 0. The predicted octanol–water partition coefficient (Wildman–Crippen LogP) is 7.19. The Morgan fingerprint density at radius 1 is 0.895 bits per heavy atom. The van der Waals surface area contributed by atoms with Crippen molar-refractivity contribution in [2.45, 2.75) is 88.3 Å². The van der Waals surface area contributed by atoms with Gasteiger partial charge in [-0.05, 0) is 57.6 Å². The molecule has 2 N–H and O–H groups in total. The summed E-state index contributed by atoms with van der Waals surface area (Å²) in [5, 5.41) is 12.5. The van der Waals surface area contributed by atoms with Gasteiger partial charge in [0.25, 0.3) is 5.56 Å². The Balaban J connectivity index is 1.48. The molecule has 14 heteroatoms. The maximum absolute atomic E-state index is 13.3. The first kappa shape index (κ1) is 41.8. The molecule has 1 aliphatic heterocycles. The largest absolute Gasteiger partial charge is 0.497 e. The van der Waals surface area contributed by atoms with E-state index in [4.69, 9.17) is 28.4 Å². The second kappa shape index (κ2) is 17.3. The number of hydrogen-bond donors (Lipinski definition) is 2. The molecule has 0 amide bonds. The first-order valence-corrected chi connectivity index (χ1v) is 21.6. The van der Waals surface area contributed by atoms with Crippen molar-refractivity contribution >= 4 is 31.8 Å². The number of nitrogens with one attached hydrogen (secondary N) is 1. The van der Waals surface area contributed by atoms with E-state index in [9.17, 15) is 9.90 Å². The number of aliphatic imine (C=N–C) groups is 1. The number of rotatable bonds is 16. The molecular formula is C43H56N6O7Si. The molecule has 13 nitrogen and oxygen atoms in total. The molecule has 6 rings (SSSR count). The first-order chi connectivity index (χ1) is 27.3. The number of methoxy groups -OCH3 is 2. The Hall–Kier alpha value is -4.86. The van der Waals surface area contributed by atoms with E-state index in [1.807, 2.05) is 93.0 Å². The van der Waals surface area contributed by atoms with Crippen LogP contribution in [0.15, 0.2) is 95.0 Å². The molecule has 0 radical (unpaired) electrons. The van der Waals surface area contributed by atoms with Crippen LogP contribution in [-0.2, 0) is 19.5 Å². The molecule has 2 aromatic heterocycles. The average molecular weight is 797 g/mol. The SMILES string of the molecule is COc1ccc(C(OC[C@H]2O[C@@H](n3cnc4c(=O)[nH]c(/N=C/N(C)C)nc43)[C@H](O[Si](C(C)C)(C(C)C)C(C)C)[C@@H]2O)(c2ccccc2)c2ccc(OC)cc2)cc1. The summed E-state index contributed by atoms with van der Waals surface area (Å²) in [6.45, 7) is 13.2. The quantitative estimate of drug-likeness (QED) is 0.0456. The van der Waals surface area contributed by atoms with Gasteiger partial charge in [0.05, 0.1) is 33.5 Å². The lowest BCUT2D eigenvalue weighted by Gasteiger charge is -2.45. The summed E-state index contributed by atoms with van der Waals surface area (Å²) in [5.74, 6) is 1.52. The highest BCUT2D eigenvalue weighted by molar-refractivity contribution is 6.77. The molecule has 57 heavy (non-hydrogen) atoms. The zero-order valence-electron chi connectivity index (χ0n) is 34.5. The molecule has 1 fully saturated rings. The third-order valence-corrected chi connectivity index (χ3v) is 17.2. The number of aromatic amines is 1. The van der Waals surface area contributed by atoms with Gasteiger partial charge >= 0.3 is 0 Å². The molecule has 3 aromatic carbocycles. The normalized spacial score (nSPS) is 19.1. The third-order valence-electron chi connectivity index (χ3n) is 11.1. The van der Waals surface area contributed by atoms with Crippen LogP contribution in [0, 0.1) is 0 Å². The number of nitrogens with zero attached hydrogens (tertiary/aromatic N) is 5. The van der Waals surface area contributed by atoms with Crippen LogP contribution in [0.5, 0.6) is 11.5 Å². The van der Waals surface area contributed by atoms with Crippen LogP contribution in [-0.4, -0.2) is 97.4 Å². The van der Waals surface area contributed by atoms with Crippen molar-refractivity contribution in [3.05, 3.63) is 112 Å². The molecule has 5 aromatic rings. The van der Waals surface area contributed by atoms with Crippen molar-refractivity contribution in [2.24, 2.45) is 4.99 Å². The molecule has 0 aliphatic carbocycles. The summed E-state index contributed by atoms with van der Waals surface area (Å²) in [5.41, 5.74) is 1.99. The van der Waals surface area contributed by atoms with E-state index in [1.54, 1.807) is 30.0 Å². The van der Waals surface area contributed by atoms with Crippen LogP contribution in [0.2, 0.25) is 16.6 Å². The van der Waals surface area contributed by atoms with Crippen molar-refractivity contribution in [2.75, 3.05) is 34.9 Å². The van der Waals surface area contributed by atoms with Crippen molar-refractivity contribution in [3.8, 4) is 11.5 Å². The highest BCUT2D eigenvalue weighted by Crippen LogP contribution is 2.48. The number of benzene rings is 3. The van der Waals surface area contributed by atoms with E-state index in [-0.39, 0.29) is 40.3 Å². The number of aliphatic hydroxyl groups excluding tert-OH is 1. The maximum Gasteiger partial charge on any atom is 0.280 e. The fourth-order valence-corrected chi connectivity index (χ4v) is 14.0. The second-order valence-corrected chi connectivity index (χ2v) is 21.1. The van der Waals surface area contributed by atoms with Crippen LogP contribution in [0.1, 0.15) is 64.5 Å². The fraction of sp³-hybridized carbons (Fsp3) is 0.442.